The normalized spacial score (nSPS) is 17.6. The largest absolute Gasteiger partial charge is 0.481 e. The first kappa shape index (κ1) is 15.7. The maximum Gasteiger partial charge on any atom is 0.308 e. The number of piperazine rings is 1. The van der Waals surface area contributed by atoms with Crippen LogP contribution in [0, 0.1) is 0 Å². The van der Waals surface area contributed by atoms with E-state index in [0.717, 1.165) is 0 Å². The Morgan fingerprint density at radius 2 is 2.23 bits per heavy atom. The van der Waals surface area contributed by atoms with Crippen LogP contribution in [0.1, 0.15) is 16.8 Å². The van der Waals surface area contributed by atoms with Crippen LogP contribution >= 0.6 is 0 Å². The topological polar surface area (TPSA) is 97.8 Å². The van der Waals surface area contributed by atoms with E-state index in [2.05, 4.69) is 15.0 Å². The molecule has 1 aliphatic heterocycles. The van der Waals surface area contributed by atoms with E-state index in [-0.39, 0.29) is 18.2 Å². The van der Waals surface area contributed by atoms with Crippen LogP contribution < -0.4 is 10.1 Å². The highest BCUT2D eigenvalue weighted by Gasteiger charge is 2.35. The van der Waals surface area contributed by atoms with Gasteiger partial charge in [0.05, 0.1) is 20.6 Å². The van der Waals surface area contributed by atoms with Gasteiger partial charge in [-0.25, -0.2) is 4.98 Å². The van der Waals surface area contributed by atoms with Crippen molar-refractivity contribution in [1.29, 1.82) is 0 Å². The summed E-state index contributed by atoms with van der Waals surface area (Å²) in [5, 5.41) is 2.64. The molecule has 118 valence electrons. The minimum Gasteiger partial charge on any atom is -0.481 e. The van der Waals surface area contributed by atoms with Gasteiger partial charge in [0, 0.05) is 30.9 Å². The highest BCUT2D eigenvalue weighted by atomic mass is 16.5. The Morgan fingerprint density at radius 3 is 2.91 bits per heavy atom. The van der Waals surface area contributed by atoms with Crippen molar-refractivity contribution in [1.82, 2.24) is 15.2 Å². The number of ether oxygens (including phenoxy) is 2. The molecule has 0 saturated carbocycles. The van der Waals surface area contributed by atoms with Gasteiger partial charge in [0.15, 0.2) is 0 Å². The second kappa shape index (κ2) is 6.88. The molecule has 1 aliphatic rings. The lowest BCUT2D eigenvalue weighted by Gasteiger charge is -2.34. The van der Waals surface area contributed by atoms with Crippen molar-refractivity contribution < 1.29 is 23.9 Å². The Morgan fingerprint density at radius 1 is 1.45 bits per heavy atom. The lowest BCUT2D eigenvalue weighted by molar-refractivity contribution is -0.145. The Balaban J connectivity index is 2.24. The molecule has 1 N–H and O–H groups in total. The average molecular weight is 307 g/mol. The van der Waals surface area contributed by atoms with E-state index in [9.17, 15) is 14.4 Å². The predicted molar refractivity (Wildman–Crippen MR) is 75.3 cm³/mol. The van der Waals surface area contributed by atoms with Gasteiger partial charge in [-0.1, -0.05) is 0 Å². The van der Waals surface area contributed by atoms with Crippen LogP contribution in [0.15, 0.2) is 18.3 Å². The number of rotatable bonds is 4. The zero-order valence-corrected chi connectivity index (χ0v) is 12.4. The maximum absolute atomic E-state index is 12.6. The lowest BCUT2D eigenvalue weighted by Crippen LogP contribution is -2.57. The second-order valence-corrected chi connectivity index (χ2v) is 4.67. The number of hydrogen-bond acceptors (Lipinski definition) is 6. The van der Waals surface area contributed by atoms with Gasteiger partial charge in [0.2, 0.25) is 11.8 Å². The van der Waals surface area contributed by atoms with Crippen molar-refractivity contribution in [3.05, 3.63) is 23.9 Å². The summed E-state index contributed by atoms with van der Waals surface area (Å²) < 4.78 is 9.57. The summed E-state index contributed by atoms with van der Waals surface area (Å²) in [7, 11) is 2.69. The fraction of sp³-hybridized carbons (Fsp3) is 0.429. The maximum atomic E-state index is 12.6. The molecule has 2 amide bonds. The number of carbonyl (C=O) groups excluding carboxylic acids is 3. The lowest BCUT2D eigenvalue weighted by atomic mass is 10.1. The number of nitrogens with one attached hydrogen (secondary N) is 1. The standard InChI is InChI=1S/C14H17N3O5/c1-21-11-7-9(3-4-15-11)14(20)17-6-5-16-13(19)10(17)8-12(18)22-2/h3-4,7,10H,5-6,8H2,1-2H3,(H,16,19)/t10-/m0/s1. The number of carbonyl (C=O) groups is 3. The predicted octanol–water partition coefficient (Wildman–Crippen LogP) is -0.406. The minimum absolute atomic E-state index is 0.184. The van der Waals surface area contributed by atoms with E-state index in [1.807, 2.05) is 0 Å². The van der Waals surface area contributed by atoms with Crippen molar-refractivity contribution in [2.24, 2.45) is 0 Å². The van der Waals surface area contributed by atoms with Crippen LogP contribution in [0.3, 0.4) is 0 Å². The van der Waals surface area contributed by atoms with E-state index >= 15 is 0 Å². The summed E-state index contributed by atoms with van der Waals surface area (Å²) in [6, 6.07) is 2.14. The fourth-order valence-electron chi connectivity index (χ4n) is 2.22. The fourth-order valence-corrected chi connectivity index (χ4v) is 2.22. The van der Waals surface area contributed by atoms with Gasteiger partial charge in [-0.2, -0.15) is 0 Å². The highest BCUT2D eigenvalue weighted by Crippen LogP contribution is 2.16. The van der Waals surface area contributed by atoms with E-state index in [1.165, 1.54) is 37.4 Å². The van der Waals surface area contributed by atoms with Gasteiger partial charge < -0.3 is 19.7 Å². The monoisotopic (exact) mass is 307 g/mol. The molecule has 2 heterocycles. The van der Waals surface area contributed by atoms with E-state index in [4.69, 9.17) is 4.74 Å². The third-order valence-electron chi connectivity index (χ3n) is 3.37. The van der Waals surface area contributed by atoms with Crippen molar-refractivity contribution in [3.63, 3.8) is 0 Å². The molecule has 1 atom stereocenters. The molecule has 0 bridgehead atoms. The number of pyridine rings is 1. The molecule has 1 fully saturated rings. The Hall–Kier alpha value is -2.64. The zero-order chi connectivity index (χ0) is 16.1. The number of esters is 1. The first-order valence-electron chi connectivity index (χ1n) is 6.72. The summed E-state index contributed by atoms with van der Waals surface area (Å²) in [4.78, 5) is 41.3. The number of hydrogen-bond donors (Lipinski definition) is 1. The summed E-state index contributed by atoms with van der Waals surface area (Å²) in [5.74, 6) is -0.973. The van der Waals surface area contributed by atoms with Crippen LogP contribution in [0.5, 0.6) is 5.88 Å². The molecule has 0 unspecified atom stereocenters. The van der Waals surface area contributed by atoms with Crippen LogP contribution in [-0.2, 0) is 14.3 Å². The average Bonchev–Trinajstić information content (AvgIpc) is 2.55. The molecule has 0 radical (unpaired) electrons. The van der Waals surface area contributed by atoms with Crippen LogP contribution in [0.2, 0.25) is 0 Å². The van der Waals surface area contributed by atoms with Gasteiger partial charge in [-0.3, -0.25) is 14.4 Å². The van der Waals surface area contributed by atoms with E-state index < -0.39 is 12.0 Å². The van der Waals surface area contributed by atoms with Crippen molar-refractivity contribution >= 4 is 17.8 Å². The number of aromatic nitrogens is 1. The quantitative estimate of drug-likeness (QED) is 0.760. The summed E-state index contributed by atoms with van der Waals surface area (Å²) in [6.07, 6.45) is 1.27. The molecule has 8 heteroatoms. The van der Waals surface area contributed by atoms with Gasteiger partial charge in [-0.15, -0.1) is 0 Å². The molecular formula is C14H17N3O5. The van der Waals surface area contributed by atoms with Gasteiger partial charge in [0.1, 0.15) is 6.04 Å². The van der Waals surface area contributed by atoms with Crippen molar-refractivity contribution in [3.8, 4) is 5.88 Å². The molecule has 1 saturated heterocycles. The smallest absolute Gasteiger partial charge is 0.308 e. The number of methoxy groups -OCH3 is 2. The molecule has 2 rings (SSSR count). The minimum atomic E-state index is -0.882. The second-order valence-electron chi connectivity index (χ2n) is 4.67. The molecule has 0 aromatic carbocycles. The molecule has 22 heavy (non-hydrogen) atoms. The summed E-state index contributed by atoms with van der Waals surface area (Å²) in [5.41, 5.74) is 0.344. The Kier molecular flexibility index (Phi) is 4.92. The first-order chi connectivity index (χ1) is 10.6. The molecule has 0 spiro atoms. The van der Waals surface area contributed by atoms with Crippen molar-refractivity contribution in [2.45, 2.75) is 12.5 Å². The summed E-state index contributed by atoms with van der Waals surface area (Å²) >= 11 is 0. The third-order valence-corrected chi connectivity index (χ3v) is 3.37. The summed E-state index contributed by atoms with van der Waals surface area (Å²) in [6.45, 7) is 0.654. The number of amides is 2. The van der Waals surface area contributed by atoms with E-state index in [0.29, 0.717) is 24.5 Å². The van der Waals surface area contributed by atoms with Gasteiger partial charge in [-0.05, 0) is 6.07 Å². The van der Waals surface area contributed by atoms with Gasteiger partial charge in [0.25, 0.3) is 5.91 Å². The Labute approximate surface area is 127 Å². The van der Waals surface area contributed by atoms with Crippen LogP contribution in [0.4, 0.5) is 0 Å². The van der Waals surface area contributed by atoms with Crippen molar-refractivity contribution in [2.75, 3.05) is 27.3 Å². The van der Waals surface area contributed by atoms with E-state index in [1.54, 1.807) is 0 Å². The van der Waals surface area contributed by atoms with Gasteiger partial charge >= 0.3 is 5.97 Å². The SMILES string of the molecule is COC(=O)C[C@H]1C(=O)NCCN1C(=O)c1ccnc(OC)c1. The number of nitrogens with zero attached hydrogens (tertiary/aromatic N) is 2. The van der Waals surface area contributed by atoms with Crippen LogP contribution in [-0.4, -0.2) is 61.0 Å². The Bertz CT molecular complexity index is 590. The molecule has 1 aromatic heterocycles. The molecular weight excluding hydrogens is 290 g/mol. The highest BCUT2D eigenvalue weighted by molar-refractivity contribution is 5.99. The molecule has 1 aromatic rings. The first-order valence-corrected chi connectivity index (χ1v) is 6.72. The molecule has 0 aliphatic carbocycles. The third kappa shape index (κ3) is 3.33. The molecule has 8 nitrogen and oxygen atoms in total. The zero-order valence-electron chi connectivity index (χ0n) is 12.4. The van der Waals surface area contributed by atoms with Crippen LogP contribution in [0.25, 0.3) is 0 Å².